The van der Waals surface area contributed by atoms with Crippen LogP contribution in [0.2, 0.25) is 0 Å². The second kappa shape index (κ2) is 5.93. The van der Waals surface area contributed by atoms with Gasteiger partial charge in [-0.15, -0.1) is 0 Å². The highest BCUT2D eigenvalue weighted by Crippen LogP contribution is 2.29. The topological polar surface area (TPSA) is 102 Å². The van der Waals surface area contributed by atoms with Crippen molar-refractivity contribution in [3.63, 3.8) is 0 Å². The minimum absolute atomic E-state index is 0.0815. The van der Waals surface area contributed by atoms with Crippen molar-refractivity contribution in [3.05, 3.63) is 21.7 Å². The van der Waals surface area contributed by atoms with Crippen LogP contribution in [0.15, 0.2) is 11.6 Å². The highest BCUT2D eigenvalue weighted by molar-refractivity contribution is 7.15. The molecule has 0 aromatic carbocycles. The maximum Gasteiger partial charge on any atom is 0.410 e. The van der Waals surface area contributed by atoms with Gasteiger partial charge in [-0.1, -0.05) is 11.3 Å². The number of rotatable bonds is 3. The van der Waals surface area contributed by atoms with E-state index in [1.54, 1.807) is 16.5 Å². The van der Waals surface area contributed by atoms with Gasteiger partial charge in [-0.05, 0) is 32.1 Å². The molecule has 0 radical (unpaired) electrons. The minimum Gasteiger partial charge on any atom is -0.444 e. The lowest BCUT2D eigenvalue weighted by Crippen LogP contribution is -2.36. The zero-order valence-electron chi connectivity index (χ0n) is 13.7. The normalized spacial score (nSPS) is 18.1. The molecule has 0 aliphatic carbocycles. The summed E-state index contributed by atoms with van der Waals surface area (Å²) in [6.45, 7) is 6.42. The van der Waals surface area contributed by atoms with Gasteiger partial charge in [-0.3, -0.25) is 0 Å². The quantitative estimate of drug-likeness (QED) is 0.672. The van der Waals surface area contributed by atoms with Crippen LogP contribution in [0.25, 0.3) is 4.96 Å². The molecular formula is C14H19N5O4S. The first-order chi connectivity index (χ1) is 11.2. The van der Waals surface area contributed by atoms with Crippen molar-refractivity contribution in [3.8, 4) is 0 Å². The van der Waals surface area contributed by atoms with Gasteiger partial charge in [0.1, 0.15) is 11.8 Å². The second-order valence-corrected chi connectivity index (χ2v) is 7.53. The molecule has 1 unspecified atom stereocenters. The predicted octanol–water partition coefficient (Wildman–Crippen LogP) is 2.73. The molecule has 1 fully saturated rings. The molecule has 1 N–H and O–H groups in total. The first-order valence-electron chi connectivity index (χ1n) is 7.59. The number of aromatic nitrogens is 2. The van der Waals surface area contributed by atoms with Gasteiger partial charge in [0, 0.05) is 24.5 Å². The van der Waals surface area contributed by atoms with Gasteiger partial charge in [0.15, 0.2) is 0 Å². The second-order valence-electron chi connectivity index (χ2n) is 6.65. The third kappa shape index (κ3) is 3.28. The smallest absolute Gasteiger partial charge is 0.410 e. The molecule has 3 heterocycles. The Morgan fingerprint density at radius 3 is 2.96 bits per heavy atom. The minimum atomic E-state index is -0.546. The van der Waals surface area contributed by atoms with Gasteiger partial charge in [-0.25, -0.2) is 4.79 Å². The summed E-state index contributed by atoms with van der Waals surface area (Å²) in [6.07, 6.45) is 1.94. The van der Waals surface area contributed by atoms with Crippen LogP contribution >= 0.6 is 11.3 Å². The fraction of sp³-hybridized carbons (Fsp3) is 0.571. The summed E-state index contributed by atoms with van der Waals surface area (Å²) >= 11 is 1.33. The number of fused-ring (bicyclic) bond motifs is 1. The Morgan fingerprint density at radius 1 is 1.54 bits per heavy atom. The number of nitro groups is 1. The van der Waals surface area contributed by atoms with Gasteiger partial charge in [-0.2, -0.15) is 9.38 Å². The fourth-order valence-corrected chi connectivity index (χ4v) is 3.32. The van der Waals surface area contributed by atoms with E-state index in [9.17, 15) is 14.9 Å². The van der Waals surface area contributed by atoms with Crippen molar-refractivity contribution in [2.24, 2.45) is 0 Å². The number of carbonyl (C=O) groups is 1. The molecule has 1 atom stereocenters. The molecule has 3 rings (SSSR count). The largest absolute Gasteiger partial charge is 0.444 e. The fourth-order valence-electron chi connectivity index (χ4n) is 2.61. The number of likely N-dealkylation sites (tertiary alicyclic amines) is 1. The molecule has 0 spiro atoms. The summed E-state index contributed by atoms with van der Waals surface area (Å²) in [6, 6.07) is -0.0965. The highest BCUT2D eigenvalue weighted by atomic mass is 32.1. The molecule has 130 valence electrons. The summed E-state index contributed by atoms with van der Waals surface area (Å²) in [5, 5.41) is 16.2. The van der Waals surface area contributed by atoms with Crippen molar-refractivity contribution in [2.75, 3.05) is 18.4 Å². The number of ether oxygens (including phenoxy) is 1. The van der Waals surface area contributed by atoms with E-state index in [0.717, 1.165) is 0 Å². The first kappa shape index (κ1) is 16.5. The zero-order valence-corrected chi connectivity index (χ0v) is 14.5. The van der Waals surface area contributed by atoms with Crippen LogP contribution in [0.4, 0.5) is 16.4 Å². The molecule has 1 aliphatic rings. The molecule has 10 heteroatoms. The maximum atomic E-state index is 12.1. The number of amides is 1. The summed E-state index contributed by atoms with van der Waals surface area (Å²) < 4.78 is 6.80. The number of anilines is 1. The SMILES string of the molecule is CC(C)(C)OC(=O)N1CCC(Nc2nc3sccn3c2[N+](=O)[O-])C1. The van der Waals surface area contributed by atoms with E-state index < -0.39 is 10.5 Å². The highest BCUT2D eigenvalue weighted by Gasteiger charge is 2.32. The lowest BCUT2D eigenvalue weighted by Gasteiger charge is -2.24. The lowest BCUT2D eigenvalue weighted by molar-refractivity contribution is -0.389. The number of thiazole rings is 1. The van der Waals surface area contributed by atoms with E-state index >= 15 is 0 Å². The summed E-state index contributed by atoms with van der Waals surface area (Å²) in [5.41, 5.74) is -0.546. The third-order valence-corrected chi connectivity index (χ3v) is 4.35. The predicted molar refractivity (Wildman–Crippen MR) is 89.6 cm³/mol. The standard InChI is InChI=1S/C14H19N5O4S/c1-14(2,3)23-13(20)17-5-4-9(8-17)15-10-11(19(21)22)18-6-7-24-12(18)16-10/h6-7,9,15H,4-5,8H2,1-3H3. The number of hydrogen-bond donors (Lipinski definition) is 1. The first-order valence-corrected chi connectivity index (χ1v) is 8.47. The van der Waals surface area contributed by atoms with E-state index in [-0.39, 0.29) is 23.8 Å². The van der Waals surface area contributed by atoms with Gasteiger partial charge >= 0.3 is 11.9 Å². The molecule has 1 amide bonds. The van der Waals surface area contributed by atoms with Gasteiger partial charge < -0.3 is 25.1 Å². The van der Waals surface area contributed by atoms with Crippen LogP contribution in [-0.4, -0.2) is 50.0 Å². The van der Waals surface area contributed by atoms with E-state index in [0.29, 0.717) is 24.5 Å². The Labute approximate surface area is 142 Å². The summed E-state index contributed by atoms with van der Waals surface area (Å²) in [7, 11) is 0. The molecular weight excluding hydrogens is 334 g/mol. The van der Waals surface area contributed by atoms with Crippen LogP contribution in [0.5, 0.6) is 0 Å². The average Bonchev–Trinajstić information content (AvgIpc) is 3.11. The number of nitrogens with one attached hydrogen (secondary N) is 1. The van der Waals surface area contributed by atoms with E-state index in [1.807, 2.05) is 20.8 Å². The van der Waals surface area contributed by atoms with Crippen molar-refractivity contribution >= 4 is 34.0 Å². The molecule has 9 nitrogen and oxygen atoms in total. The van der Waals surface area contributed by atoms with Gasteiger partial charge in [0.05, 0.1) is 0 Å². The Kier molecular flexibility index (Phi) is 4.08. The van der Waals surface area contributed by atoms with E-state index in [4.69, 9.17) is 4.74 Å². The number of hydrogen-bond acceptors (Lipinski definition) is 7. The Balaban J connectivity index is 1.70. The van der Waals surface area contributed by atoms with Crippen molar-refractivity contribution in [2.45, 2.75) is 38.8 Å². The number of carbonyl (C=O) groups excluding carboxylic acids is 1. The van der Waals surface area contributed by atoms with E-state index in [2.05, 4.69) is 10.3 Å². The van der Waals surface area contributed by atoms with Crippen molar-refractivity contribution in [1.82, 2.24) is 14.3 Å². The summed E-state index contributed by atoms with van der Waals surface area (Å²) in [5.74, 6) is 0.157. The Hall–Kier alpha value is -2.36. The number of imidazole rings is 1. The molecule has 24 heavy (non-hydrogen) atoms. The molecule has 1 saturated heterocycles. The molecule has 0 bridgehead atoms. The molecule has 1 aliphatic heterocycles. The van der Waals surface area contributed by atoms with Crippen LogP contribution in [0.3, 0.4) is 0 Å². The van der Waals surface area contributed by atoms with Crippen LogP contribution in [-0.2, 0) is 4.74 Å². The van der Waals surface area contributed by atoms with E-state index in [1.165, 1.54) is 15.7 Å². The monoisotopic (exact) mass is 353 g/mol. The van der Waals surface area contributed by atoms with Crippen LogP contribution < -0.4 is 5.32 Å². The third-order valence-electron chi connectivity index (χ3n) is 3.59. The number of nitrogens with zero attached hydrogens (tertiary/aromatic N) is 4. The Bertz CT molecular complexity index is 778. The van der Waals surface area contributed by atoms with Crippen LogP contribution in [0, 0.1) is 10.1 Å². The molecule has 0 saturated carbocycles. The molecule has 2 aromatic rings. The average molecular weight is 353 g/mol. The van der Waals surface area contributed by atoms with Gasteiger partial charge in [0.2, 0.25) is 5.82 Å². The van der Waals surface area contributed by atoms with Crippen molar-refractivity contribution < 1.29 is 14.5 Å². The lowest BCUT2D eigenvalue weighted by atomic mass is 10.2. The zero-order chi connectivity index (χ0) is 17.5. The summed E-state index contributed by atoms with van der Waals surface area (Å²) in [4.78, 5) is 29.4. The molecule has 2 aromatic heterocycles. The van der Waals surface area contributed by atoms with Gasteiger partial charge in [0.25, 0.3) is 4.96 Å². The Morgan fingerprint density at radius 2 is 2.29 bits per heavy atom. The maximum absolute atomic E-state index is 12.1. The van der Waals surface area contributed by atoms with Crippen LogP contribution in [0.1, 0.15) is 27.2 Å². The van der Waals surface area contributed by atoms with Crippen molar-refractivity contribution in [1.29, 1.82) is 0 Å².